The number of para-hydroxylation sites is 1. The second-order valence-electron chi connectivity index (χ2n) is 4.19. The molecule has 6 nitrogen and oxygen atoms in total. The Morgan fingerprint density at radius 3 is 2.71 bits per heavy atom. The Morgan fingerprint density at radius 2 is 2.10 bits per heavy atom. The molecule has 0 aliphatic carbocycles. The number of ether oxygens (including phenoxy) is 2. The third-order valence-corrected chi connectivity index (χ3v) is 3.51. The summed E-state index contributed by atoms with van der Waals surface area (Å²) >= 11 is 3.37. The highest BCUT2D eigenvalue weighted by atomic mass is 79.9. The van der Waals surface area contributed by atoms with Gasteiger partial charge in [0.25, 0.3) is 5.69 Å². The summed E-state index contributed by atoms with van der Waals surface area (Å²) in [4.78, 5) is 10.3. The predicted molar refractivity (Wildman–Crippen MR) is 82.5 cm³/mol. The summed E-state index contributed by atoms with van der Waals surface area (Å²) in [6.07, 6.45) is 0. The van der Waals surface area contributed by atoms with E-state index in [0.29, 0.717) is 17.1 Å². The number of rotatable bonds is 5. The topological polar surface area (TPSA) is 87.6 Å². The van der Waals surface area contributed by atoms with Crippen molar-refractivity contribution in [1.82, 2.24) is 0 Å². The number of benzene rings is 2. The van der Waals surface area contributed by atoms with Crippen LogP contribution in [0.25, 0.3) is 0 Å². The summed E-state index contributed by atoms with van der Waals surface area (Å²) in [5, 5.41) is 10.8. The minimum atomic E-state index is -0.512. The maximum absolute atomic E-state index is 10.8. The molecule has 2 aromatic carbocycles. The molecule has 21 heavy (non-hydrogen) atoms. The first-order chi connectivity index (χ1) is 10.0. The lowest BCUT2D eigenvalue weighted by molar-refractivity contribution is -0.384. The number of nitro groups is 1. The zero-order valence-electron chi connectivity index (χ0n) is 11.2. The third-order valence-electron chi connectivity index (χ3n) is 2.89. The molecule has 0 radical (unpaired) electrons. The molecule has 0 aliphatic rings. The third kappa shape index (κ3) is 3.43. The number of hydrogen-bond donors (Lipinski definition) is 1. The summed E-state index contributed by atoms with van der Waals surface area (Å²) in [5.74, 6) is 1.30. The fourth-order valence-corrected chi connectivity index (χ4v) is 2.24. The van der Waals surface area contributed by atoms with Crippen LogP contribution in [0.4, 0.5) is 11.4 Å². The molecule has 2 N–H and O–H groups in total. The van der Waals surface area contributed by atoms with Crippen LogP contribution in [0.3, 0.4) is 0 Å². The molecular weight excluding hydrogens is 340 g/mol. The monoisotopic (exact) mass is 352 g/mol. The molecule has 0 unspecified atom stereocenters. The number of methoxy groups -OCH3 is 1. The van der Waals surface area contributed by atoms with Crippen LogP contribution in [-0.2, 0) is 6.61 Å². The highest BCUT2D eigenvalue weighted by Crippen LogP contribution is 2.31. The summed E-state index contributed by atoms with van der Waals surface area (Å²) in [6.45, 7) is 0.137. The van der Waals surface area contributed by atoms with Gasteiger partial charge in [0.05, 0.1) is 16.5 Å². The largest absolute Gasteiger partial charge is 0.497 e. The van der Waals surface area contributed by atoms with Gasteiger partial charge in [-0.2, -0.15) is 0 Å². The Hall–Kier alpha value is -2.28. The minimum Gasteiger partial charge on any atom is -0.497 e. The van der Waals surface area contributed by atoms with Gasteiger partial charge in [0.2, 0.25) is 0 Å². The Bertz CT molecular complexity index is 676. The average molecular weight is 353 g/mol. The van der Waals surface area contributed by atoms with Gasteiger partial charge < -0.3 is 15.2 Å². The van der Waals surface area contributed by atoms with Crippen molar-refractivity contribution in [2.75, 3.05) is 12.8 Å². The van der Waals surface area contributed by atoms with Crippen molar-refractivity contribution in [1.29, 1.82) is 0 Å². The quantitative estimate of drug-likeness (QED) is 0.505. The molecule has 0 fully saturated rings. The number of nitrogens with zero attached hydrogens (tertiary/aromatic N) is 1. The van der Waals surface area contributed by atoms with Crippen LogP contribution < -0.4 is 15.2 Å². The molecule has 7 heteroatoms. The Balaban J connectivity index is 2.17. The maximum Gasteiger partial charge on any atom is 0.292 e. The lowest BCUT2D eigenvalue weighted by atomic mass is 10.1. The number of nitro benzene ring substituents is 1. The van der Waals surface area contributed by atoms with Crippen molar-refractivity contribution in [3.8, 4) is 11.5 Å². The van der Waals surface area contributed by atoms with Gasteiger partial charge >= 0.3 is 0 Å². The highest BCUT2D eigenvalue weighted by molar-refractivity contribution is 9.10. The standard InChI is InChI=1S/C14H13BrN2O4/c1-20-10-5-6-13(11(15)7-10)21-8-9-3-2-4-12(14(9)16)17(18)19/h2-7H,8,16H2,1H3. The Labute approximate surface area is 129 Å². The van der Waals surface area contributed by atoms with E-state index >= 15 is 0 Å². The summed E-state index contributed by atoms with van der Waals surface area (Å²) in [5.41, 5.74) is 6.34. The van der Waals surface area contributed by atoms with Gasteiger partial charge in [-0.05, 0) is 34.1 Å². The molecule has 0 atom stereocenters. The molecule has 110 valence electrons. The smallest absolute Gasteiger partial charge is 0.292 e. The van der Waals surface area contributed by atoms with E-state index in [4.69, 9.17) is 15.2 Å². The van der Waals surface area contributed by atoms with Crippen molar-refractivity contribution in [2.24, 2.45) is 0 Å². The van der Waals surface area contributed by atoms with Gasteiger partial charge in [-0.15, -0.1) is 0 Å². The zero-order chi connectivity index (χ0) is 15.4. The molecule has 0 amide bonds. The Kier molecular flexibility index (Phi) is 4.64. The number of hydrogen-bond acceptors (Lipinski definition) is 5. The number of nitrogens with two attached hydrogens (primary N) is 1. The molecule has 2 aromatic rings. The molecule has 0 spiro atoms. The van der Waals surface area contributed by atoms with Crippen LogP contribution in [0.1, 0.15) is 5.56 Å². The number of anilines is 1. The van der Waals surface area contributed by atoms with Gasteiger partial charge in [0.15, 0.2) is 0 Å². The normalized spacial score (nSPS) is 10.2. The van der Waals surface area contributed by atoms with Crippen LogP contribution in [0.2, 0.25) is 0 Å². The molecular formula is C14H13BrN2O4. The molecule has 2 rings (SSSR count). The van der Waals surface area contributed by atoms with Crippen molar-refractivity contribution in [3.63, 3.8) is 0 Å². The first-order valence-electron chi connectivity index (χ1n) is 6.01. The first-order valence-corrected chi connectivity index (χ1v) is 6.80. The van der Waals surface area contributed by atoms with Crippen LogP contribution in [0.15, 0.2) is 40.9 Å². The van der Waals surface area contributed by atoms with E-state index in [-0.39, 0.29) is 18.0 Å². The van der Waals surface area contributed by atoms with Crippen LogP contribution >= 0.6 is 15.9 Å². The summed E-state index contributed by atoms with van der Waals surface area (Å²) < 4.78 is 11.5. The van der Waals surface area contributed by atoms with Crippen molar-refractivity contribution in [2.45, 2.75) is 6.61 Å². The predicted octanol–water partition coefficient (Wildman–Crippen LogP) is 3.53. The fraction of sp³-hybridized carbons (Fsp3) is 0.143. The molecule has 0 saturated heterocycles. The molecule has 0 saturated carbocycles. The zero-order valence-corrected chi connectivity index (χ0v) is 12.8. The van der Waals surface area contributed by atoms with Crippen molar-refractivity contribution < 1.29 is 14.4 Å². The summed E-state index contributed by atoms with van der Waals surface area (Å²) in [6, 6.07) is 9.91. The van der Waals surface area contributed by atoms with E-state index in [1.807, 2.05) is 0 Å². The SMILES string of the molecule is COc1ccc(OCc2cccc([N+](=O)[O-])c2N)c(Br)c1. The fourth-order valence-electron chi connectivity index (χ4n) is 1.77. The summed E-state index contributed by atoms with van der Waals surface area (Å²) in [7, 11) is 1.58. The van der Waals surface area contributed by atoms with Gasteiger partial charge in [-0.3, -0.25) is 10.1 Å². The molecule has 0 aliphatic heterocycles. The van der Waals surface area contributed by atoms with Gasteiger partial charge in [0, 0.05) is 11.6 Å². The number of nitrogen functional groups attached to an aromatic ring is 1. The Morgan fingerprint density at radius 1 is 1.33 bits per heavy atom. The van der Waals surface area contributed by atoms with Gasteiger partial charge in [-0.1, -0.05) is 12.1 Å². The lowest BCUT2D eigenvalue weighted by Gasteiger charge is -2.11. The van der Waals surface area contributed by atoms with Gasteiger partial charge in [0.1, 0.15) is 23.8 Å². The van der Waals surface area contributed by atoms with Crippen LogP contribution in [-0.4, -0.2) is 12.0 Å². The lowest BCUT2D eigenvalue weighted by Crippen LogP contribution is -2.03. The van der Waals surface area contributed by atoms with Crippen molar-refractivity contribution in [3.05, 3.63) is 56.5 Å². The van der Waals surface area contributed by atoms with E-state index in [2.05, 4.69) is 15.9 Å². The molecule has 0 aromatic heterocycles. The average Bonchev–Trinajstić information content (AvgIpc) is 2.46. The second-order valence-corrected chi connectivity index (χ2v) is 5.05. The van der Waals surface area contributed by atoms with Crippen molar-refractivity contribution >= 4 is 27.3 Å². The van der Waals surface area contributed by atoms with E-state index in [9.17, 15) is 10.1 Å². The van der Waals surface area contributed by atoms with E-state index < -0.39 is 4.92 Å². The van der Waals surface area contributed by atoms with E-state index in [1.54, 1.807) is 37.4 Å². The van der Waals surface area contributed by atoms with Crippen LogP contribution in [0.5, 0.6) is 11.5 Å². The second kappa shape index (κ2) is 6.45. The molecule has 0 bridgehead atoms. The van der Waals surface area contributed by atoms with Gasteiger partial charge in [-0.25, -0.2) is 0 Å². The van der Waals surface area contributed by atoms with E-state index in [0.717, 1.165) is 4.47 Å². The van der Waals surface area contributed by atoms with E-state index in [1.165, 1.54) is 6.07 Å². The minimum absolute atomic E-state index is 0.118. The first kappa shape index (κ1) is 15.1. The van der Waals surface area contributed by atoms with Crippen LogP contribution in [0, 0.1) is 10.1 Å². The highest BCUT2D eigenvalue weighted by Gasteiger charge is 2.14. The number of halogens is 1. The maximum atomic E-state index is 10.8. The molecule has 0 heterocycles.